The number of guanidine groups is 1. The zero-order valence-corrected chi connectivity index (χ0v) is 19.4. The molecule has 0 aromatic heterocycles. The van der Waals surface area contributed by atoms with Crippen molar-refractivity contribution in [2.75, 3.05) is 66.5 Å². The predicted octanol–water partition coefficient (Wildman–Crippen LogP) is 2.22. The van der Waals surface area contributed by atoms with Gasteiger partial charge >= 0.3 is 0 Å². The minimum atomic E-state index is 0.804. The van der Waals surface area contributed by atoms with Gasteiger partial charge in [0.1, 0.15) is 0 Å². The molecule has 0 aliphatic carbocycles. The van der Waals surface area contributed by atoms with Crippen molar-refractivity contribution in [3.63, 3.8) is 0 Å². The molecule has 2 aliphatic rings. The van der Waals surface area contributed by atoms with Gasteiger partial charge in [-0.25, -0.2) is 0 Å². The summed E-state index contributed by atoms with van der Waals surface area (Å²) in [5, 5.41) is 6.90. The van der Waals surface area contributed by atoms with Crippen molar-refractivity contribution in [2.45, 2.75) is 39.3 Å². The number of likely N-dealkylation sites (tertiary alicyclic amines) is 1. The summed E-state index contributed by atoms with van der Waals surface area (Å²) in [5.74, 6) is 1.80. The first-order chi connectivity index (χ1) is 14.6. The van der Waals surface area contributed by atoms with Crippen molar-refractivity contribution >= 4 is 5.96 Å². The molecule has 1 aromatic rings. The summed E-state index contributed by atoms with van der Waals surface area (Å²) in [7, 11) is 4.05. The highest BCUT2D eigenvalue weighted by atomic mass is 15.2. The van der Waals surface area contributed by atoms with Crippen LogP contribution in [0.5, 0.6) is 0 Å². The molecule has 6 nitrogen and oxygen atoms in total. The molecular weight excluding hydrogens is 372 g/mol. The SMILES string of the molecule is CN=C(NCCCN1CCC(C)CC1)NCc1ccc(CN2CCN(C)CC2)cc1. The van der Waals surface area contributed by atoms with E-state index in [0.717, 1.165) is 37.9 Å². The normalized spacial score (nSPS) is 20.4. The van der Waals surface area contributed by atoms with E-state index in [1.165, 1.54) is 69.8 Å². The third kappa shape index (κ3) is 7.89. The lowest BCUT2D eigenvalue weighted by atomic mass is 9.99. The van der Waals surface area contributed by atoms with Crippen molar-refractivity contribution in [3.05, 3.63) is 35.4 Å². The quantitative estimate of drug-likeness (QED) is 0.388. The lowest BCUT2D eigenvalue weighted by Crippen LogP contribution is -2.43. The monoisotopic (exact) mass is 414 g/mol. The molecule has 0 spiro atoms. The fourth-order valence-electron chi connectivity index (χ4n) is 4.23. The molecule has 6 heteroatoms. The zero-order valence-electron chi connectivity index (χ0n) is 19.4. The zero-order chi connectivity index (χ0) is 21.2. The molecule has 0 amide bonds. The lowest BCUT2D eigenvalue weighted by molar-refractivity contribution is 0.148. The highest BCUT2D eigenvalue weighted by Crippen LogP contribution is 2.15. The van der Waals surface area contributed by atoms with Crippen LogP contribution in [0.2, 0.25) is 0 Å². The van der Waals surface area contributed by atoms with E-state index in [-0.39, 0.29) is 0 Å². The first kappa shape index (κ1) is 23.0. The van der Waals surface area contributed by atoms with Crippen molar-refractivity contribution in [2.24, 2.45) is 10.9 Å². The molecule has 2 saturated heterocycles. The van der Waals surface area contributed by atoms with Gasteiger partial charge in [0, 0.05) is 52.9 Å². The first-order valence-corrected chi connectivity index (χ1v) is 11.8. The number of hydrogen-bond donors (Lipinski definition) is 2. The Morgan fingerprint density at radius 1 is 0.933 bits per heavy atom. The average molecular weight is 415 g/mol. The number of rotatable bonds is 8. The number of benzene rings is 1. The Hall–Kier alpha value is -1.63. The summed E-state index contributed by atoms with van der Waals surface area (Å²) in [6.07, 6.45) is 3.87. The van der Waals surface area contributed by atoms with Crippen LogP contribution in [0.25, 0.3) is 0 Å². The molecule has 0 radical (unpaired) electrons. The second-order valence-corrected chi connectivity index (χ2v) is 9.13. The number of nitrogens with one attached hydrogen (secondary N) is 2. The minimum absolute atomic E-state index is 0.804. The standard InChI is InChI=1S/C24H42N6/c1-21-9-13-29(14-10-21)12-4-11-26-24(25-2)27-19-22-5-7-23(8-6-22)20-30-17-15-28(3)16-18-30/h5-8,21H,4,9-20H2,1-3H3,(H2,25,26,27). The lowest BCUT2D eigenvalue weighted by Gasteiger charge is -2.32. The van der Waals surface area contributed by atoms with Crippen LogP contribution in [0, 0.1) is 5.92 Å². The molecule has 2 N–H and O–H groups in total. The van der Waals surface area contributed by atoms with Gasteiger partial charge < -0.3 is 20.4 Å². The summed E-state index contributed by atoms with van der Waals surface area (Å²) >= 11 is 0. The number of piperidine rings is 1. The fraction of sp³-hybridized carbons (Fsp3) is 0.708. The fourth-order valence-corrected chi connectivity index (χ4v) is 4.23. The smallest absolute Gasteiger partial charge is 0.191 e. The van der Waals surface area contributed by atoms with Crippen molar-refractivity contribution in [1.29, 1.82) is 0 Å². The Morgan fingerprint density at radius 2 is 1.60 bits per heavy atom. The molecular formula is C24H42N6. The molecule has 30 heavy (non-hydrogen) atoms. The number of aliphatic imine (C=N–C) groups is 1. The second kappa shape index (κ2) is 12.3. The van der Waals surface area contributed by atoms with E-state index in [0.29, 0.717) is 0 Å². The van der Waals surface area contributed by atoms with Gasteiger partial charge in [-0.1, -0.05) is 31.2 Å². The van der Waals surface area contributed by atoms with Crippen molar-refractivity contribution in [1.82, 2.24) is 25.3 Å². The van der Waals surface area contributed by atoms with Crippen molar-refractivity contribution in [3.8, 4) is 0 Å². The van der Waals surface area contributed by atoms with Gasteiger partial charge in [0.05, 0.1) is 0 Å². The highest BCUT2D eigenvalue weighted by molar-refractivity contribution is 5.79. The molecule has 0 saturated carbocycles. The first-order valence-electron chi connectivity index (χ1n) is 11.8. The van der Waals surface area contributed by atoms with Crippen LogP contribution in [0.3, 0.4) is 0 Å². The largest absolute Gasteiger partial charge is 0.356 e. The van der Waals surface area contributed by atoms with Gasteiger partial charge in [-0.2, -0.15) is 0 Å². The van der Waals surface area contributed by atoms with E-state index in [2.05, 4.69) is 68.6 Å². The van der Waals surface area contributed by atoms with Crippen LogP contribution in [-0.2, 0) is 13.1 Å². The Balaban J connectivity index is 1.31. The molecule has 2 fully saturated rings. The predicted molar refractivity (Wildman–Crippen MR) is 127 cm³/mol. The third-order valence-corrected chi connectivity index (χ3v) is 6.53. The minimum Gasteiger partial charge on any atom is -0.356 e. The summed E-state index contributed by atoms with van der Waals surface area (Å²) in [6, 6.07) is 9.02. The van der Waals surface area contributed by atoms with E-state index in [9.17, 15) is 0 Å². The molecule has 3 rings (SSSR count). The summed E-state index contributed by atoms with van der Waals surface area (Å²) < 4.78 is 0. The van der Waals surface area contributed by atoms with Gasteiger partial charge in [-0.05, 0) is 63.0 Å². The Labute approximate surface area is 183 Å². The Kier molecular flexibility index (Phi) is 9.43. The van der Waals surface area contributed by atoms with Crippen LogP contribution in [0.1, 0.15) is 37.3 Å². The summed E-state index contributed by atoms with van der Waals surface area (Å²) in [4.78, 5) is 11.9. The number of nitrogens with zero attached hydrogens (tertiary/aromatic N) is 4. The van der Waals surface area contributed by atoms with Gasteiger partial charge in [-0.3, -0.25) is 9.89 Å². The summed E-state index contributed by atoms with van der Waals surface area (Å²) in [5.41, 5.74) is 2.69. The Morgan fingerprint density at radius 3 is 2.27 bits per heavy atom. The maximum Gasteiger partial charge on any atom is 0.191 e. The van der Waals surface area contributed by atoms with E-state index < -0.39 is 0 Å². The molecule has 0 unspecified atom stereocenters. The van der Waals surface area contributed by atoms with Crippen LogP contribution in [-0.4, -0.2) is 87.1 Å². The molecule has 168 valence electrons. The third-order valence-electron chi connectivity index (χ3n) is 6.53. The van der Waals surface area contributed by atoms with Gasteiger partial charge in [0.2, 0.25) is 0 Å². The van der Waals surface area contributed by atoms with Crippen LogP contribution >= 0.6 is 0 Å². The maximum atomic E-state index is 4.37. The maximum absolute atomic E-state index is 4.37. The van der Waals surface area contributed by atoms with Gasteiger partial charge in [0.15, 0.2) is 5.96 Å². The number of likely N-dealkylation sites (N-methyl/N-ethyl adjacent to an activating group) is 1. The van der Waals surface area contributed by atoms with E-state index >= 15 is 0 Å². The van der Waals surface area contributed by atoms with Gasteiger partial charge in [-0.15, -0.1) is 0 Å². The van der Waals surface area contributed by atoms with Crippen LogP contribution in [0.4, 0.5) is 0 Å². The molecule has 2 heterocycles. The molecule has 2 aliphatic heterocycles. The van der Waals surface area contributed by atoms with Crippen LogP contribution < -0.4 is 10.6 Å². The second-order valence-electron chi connectivity index (χ2n) is 9.13. The highest BCUT2D eigenvalue weighted by Gasteiger charge is 2.15. The van der Waals surface area contributed by atoms with Crippen LogP contribution in [0.15, 0.2) is 29.3 Å². The Bertz CT molecular complexity index is 628. The summed E-state index contributed by atoms with van der Waals surface area (Å²) in [6.45, 7) is 13.6. The average Bonchev–Trinajstić information content (AvgIpc) is 2.77. The molecule has 0 atom stereocenters. The van der Waals surface area contributed by atoms with Gasteiger partial charge in [0.25, 0.3) is 0 Å². The number of piperazine rings is 1. The van der Waals surface area contributed by atoms with E-state index in [1.807, 2.05) is 7.05 Å². The topological polar surface area (TPSA) is 46.1 Å². The van der Waals surface area contributed by atoms with E-state index in [1.54, 1.807) is 0 Å². The van der Waals surface area contributed by atoms with Crippen molar-refractivity contribution < 1.29 is 0 Å². The van der Waals surface area contributed by atoms with E-state index in [4.69, 9.17) is 0 Å². The number of hydrogen-bond acceptors (Lipinski definition) is 4. The molecule has 1 aromatic carbocycles. The molecule has 0 bridgehead atoms.